The summed E-state index contributed by atoms with van der Waals surface area (Å²) >= 11 is 0.743. The van der Waals surface area contributed by atoms with Gasteiger partial charge in [-0.3, -0.25) is 19.3 Å². The second-order valence-electron chi connectivity index (χ2n) is 3.95. The van der Waals surface area contributed by atoms with E-state index in [4.69, 9.17) is 5.11 Å². The molecule has 1 aromatic carbocycles. The lowest BCUT2D eigenvalue weighted by Gasteiger charge is -2.07. The number of imide groups is 1. The largest absolute Gasteiger partial charge is 0.480 e. The van der Waals surface area contributed by atoms with Crippen molar-refractivity contribution in [2.45, 2.75) is 0 Å². The molecule has 0 aromatic heterocycles. The first kappa shape index (κ1) is 14.1. The number of rotatable bonds is 4. The predicted octanol–water partition coefficient (Wildman–Crippen LogP) is 2.36. The van der Waals surface area contributed by atoms with E-state index in [0.717, 1.165) is 22.2 Å². The van der Waals surface area contributed by atoms with Crippen molar-refractivity contribution >= 4 is 35.0 Å². The quantitative estimate of drug-likeness (QED) is 0.861. The average molecular weight is 289 g/mol. The molecule has 1 N–H and O–H groups in total. The van der Waals surface area contributed by atoms with Gasteiger partial charge in [-0.2, -0.15) is 0 Å². The van der Waals surface area contributed by atoms with Gasteiger partial charge in [0.15, 0.2) is 0 Å². The normalized spacial score (nSPS) is 17.4. The fourth-order valence-corrected chi connectivity index (χ4v) is 2.39. The highest BCUT2D eigenvalue weighted by atomic mass is 32.2. The maximum atomic E-state index is 11.8. The Kier molecular flexibility index (Phi) is 4.37. The summed E-state index contributed by atoms with van der Waals surface area (Å²) in [6.45, 7) is -0.607. The highest BCUT2D eigenvalue weighted by Gasteiger charge is 2.35. The maximum Gasteiger partial charge on any atom is 0.323 e. The fourth-order valence-electron chi connectivity index (χ4n) is 1.60. The standard InChI is InChI=1S/C14H11NO4S/c16-12(17)9-15-13(18)11(20-14(15)19)8-4-7-10-5-2-1-3-6-10/h1-8H,9H2,(H,16,17)/b7-4-,11-8+. The Morgan fingerprint density at radius 3 is 2.60 bits per heavy atom. The Hall–Kier alpha value is -2.34. The summed E-state index contributed by atoms with van der Waals surface area (Å²) in [5, 5.41) is 8.07. The van der Waals surface area contributed by atoms with E-state index in [2.05, 4.69) is 0 Å². The molecule has 1 aromatic rings. The van der Waals surface area contributed by atoms with Gasteiger partial charge in [0.05, 0.1) is 4.91 Å². The molecular formula is C14H11NO4S. The van der Waals surface area contributed by atoms with Gasteiger partial charge >= 0.3 is 5.97 Å². The second kappa shape index (κ2) is 6.21. The summed E-state index contributed by atoms with van der Waals surface area (Å²) in [5.74, 6) is -1.78. The van der Waals surface area contributed by atoms with E-state index >= 15 is 0 Å². The molecule has 0 saturated carbocycles. The third-order valence-corrected chi connectivity index (χ3v) is 3.43. The SMILES string of the molecule is O=C(O)CN1C(=O)S/C(=C/C=C\c2ccccc2)C1=O. The number of carboxylic acid groups (broad SMARTS) is 1. The van der Waals surface area contributed by atoms with E-state index in [9.17, 15) is 14.4 Å². The molecule has 1 aliphatic heterocycles. The molecule has 6 heteroatoms. The first-order valence-corrected chi connectivity index (χ1v) is 6.58. The second-order valence-corrected chi connectivity index (χ2v) is 4.95. The van der Waals surface area contributed by atoms with Crippen LogP contribution in [0.2, 0.25) is 0 Å². The summed E-state index contributed by atoms with van der Waals surface area (Å²) in [5.41, 5.74) is 0.966. The lowest BCUT2D eigenvalue weighted by Crippen LogP contribution is -2.33. The molecule has 0 bridgehead atoms. The zero-order valence-electron chi connectivity index (χ0n) is 10.4. The van der Waals surface area contributed by atoms with Crippen molar-refractivity contribution in [2.75, 3.05) is 6.54 Å². The molecule has 0 atom stereocenters. The molecular weight excluding hydrogens is 278 g/mol. The third kappa shape index (κ3) is 3.36. The minimum atomic E-state index is -1.21. The number of benzene rings is 1. The van der Waals surface area contributed by atoms with Gasteiger partial charge in [0, 0.05) is 0 Å². The van der Waals surface area contributed by atoms with Crippen molar-refractivity contribution in [3.05, 3.63) is 53.0 Å². The van der Waals surface area contributed by atoms with Crippen LogP contribution in [0, 0.1) is 0 Å². The van der Waals surface area contributed by atoms with Gasteiger partial charge in [-0.15, -0.1) is 0 Å². The van der Waals surface area contributed by atoms with Crippen molar-refractivity contribution in [1.29, 1.82) is 0 Å². The van der Waals surface area contributed by atoms with Crippen molar-refractivity contribution in [3.8, 4) is 0 Å². The van der Waals surface area contributed by atoms with Crippen LogP contribution in [-0.4, -0.2) is 33.7 Å². The number of carboxylic acids is 1. The number of hydrogen-bond acceptors (Lipinski definition) is 4. The van der Waals surface area contributed by atoms with Crippen molar-refractivity contribution in [1.82, 2.24) is 4.90 Å². The zero-order chi connectivity index (χ0) is 14.5. The molecule has 2 amide bonds. The number of thioether (sulfide) groups is 1. The van der Waals surface area contributed by atoms with Crippen LogP contribution in [0.3, 0.4) is 0 Å². The molecule has 1 heterocycles. The number of amides is 2. The number of carbonyl (C=O) groups excluding carboxylic acids is 2. The van der Waals surface area contributed by atoms with E-state index in [-0.39, 0.29) is 4.91 Å². The molecule has 1 aliphatic rings. The summed E-state index contributed by atoms with van der Waals surface area (Å²) in [4.78, 5) is 34.8. The highest BCUT2D eigenvalue weighted by Crippen LogP contribution is 2.30. The Bertz CT molecular complexity index is 607. The lowest BCUT2D eigenvalue weighted by molar-refractivity contribution is -0.140. The van der Waals surface area contributed by atoms with Crippen LogP contribution in [0.1, 0.15) is 5.56 Å². The Morgan fingerprint density at radius 1 is 1.25 bits per heavy atom. The van der Waals surface area contributed by atoms with Gasteiger partial charge in [-0.25, -0.2) is 0 Å². The first-order valence-electron chi connectivity index (χ1n) is 5.77. The maximum absolute atomic E-state index is 11.8. The van der Waals surface area contributed by atoms with Gasteiger partial charge < -0.3 is 5.11 Å². The highest BCUT2D eigenvalue weighted by molar-refractivity contribution is 8.18. The third-order valence-electron chi connectivity index (χ3n) is 2.50. The molecule has 0 spiro atoms. The Morgan fingerprint density at radius 2 is 1.95 bits per heavy atom. The molecule has 1 saturated heterocycles. The van der Waals surface area contributed by atoms with E-state index in [1.807, 2.05) is 30.3 Å². The summed E-state index contributed by atoms with van der Waals surface area (Å²) in [6, 6.07) is 9.48. The minimum absolute atomic E-state index is 0.225. The molecule has 102 valence electrons. The number of hydrogen-bond donors (Lipinski definition) is 1. The molecule has 0 aliphatic carbocycles. The van der Waals surface area contributed by atoms with E-state index < -0.39 is 23.7 Å². The Labute approximate surface area is 119 Å². The van der Waals surface area contributed by atoms with Crippen LogP contribution in [0.5, 0.6) is 0 Å². The van der Waals surface area contributed by atoms with Crippen LogP contribution in [0.15, 0.2) is 47.4 Å². The predicted molar refractivity (Wildman–Crippen MR) is 75.9 cm³/mol. The number of allylic oxidation sites excluding steroid dienone is 2. The van der Waals surface area contributed by atoms with Gasteiger partial charge in [0.1, 0.15) is 6.54 Å². The lowest BCUT2D eigenvalue weighted by atomic mass is 10.2. The van der Waals surface area contributed by atoms with Crippen molar-refractivity contribution in [3.63, 3.8) is 0 Å². The zero-order valence-corrected chi connectivity index (χ0v) is 11.2. The number of nitrogens with zero attached hydrogens (tertiary/aromatic N) is 1. The molecule has 2 rings (SSSR count). The molecule has 1 fully saturated rings. The number of aliphatic carboxylic acids is 1. The summed E-state index contributed by atoms with van der Waals surface area (Å²) in [6.07, 6.45) is 4.97. The van der Waals surface area contributed by atoms with Crippen LogP contribution in [0.4, 0.5) is 4.79 Å². The smallest absolute Gasteiger partial charge is 0.323 e. The molecule has 5 nitrogen and oxygen atoms in total. The van der Waals surface area contributed by atoms with E-state index in [1.54, 1.807) is 12.2 Å². The van der Waals surface area contributed by atoms with Crippen molar-refractivity contribution < 1.29 is 19.5 Å². The van der Waals surface area contributed by atoms with Gasteiger partial charge in [-0.1, -0.05) is 42.5 Å². The van der Waals surface area contributed by atoms with E-state index in [0.29, 0.717) is 0 Å². The fraction of sp³-hybridized carbons (Fsp3) is 0.0714. The van der Waals surface area contributed by atoms with Gasteiger partial charge in [0.2, 0.25) is 0 Å². The van der Waals surface area contributed by atoms with E-state index in [1.165, 1.54) is 6.08 Å². The Balaban J connectivity index is 2.08. The van der Waals surface area contributed by atoms with Crippen molar-refractivity contribution in [2.24, 2.45) is 0 Å². The molecule has 0 radical (unpaired) electrons. The minimum Gasteiger partial charge on any atom is -0.480 e. The van der Waals surface area contributed by atoms with Gasteiger partial charge in [0.25, 0.3) is 11.1 Å². The molecule has 0 unspecified atom stereocenters. The van der Waals surface area contributed by atoms with Crippen LogP contribution in [0.25, 0.3) is 6.08 Å². The monoisotopic (exact) mass is 289 g/mol. The summed E-state index contributed by atoms with van der Waals surface area (Å²) < 4.78 is 0. The summed E-state index contributed by atoms with van der Waals surface area (Å²) in [7, 11) is 0. The topological polar surface area (TPSA) is 74.7 Å². The van der Waals surface area contributed by atoms with Gasteiger partial charge in [-0.05, 0) is 23.4 Å². The van der Waals surface area contributed by atoms with Crippen LogP contribution in [-0.2, 0) is 9.59 Å². The first-order chi connectivity index (χ1) is 9.58. The van der Waals surface area contributed by atoms with Crippen LogP contribution < -0.4 is 0 Å². The molecule has 20 heavy (non-hydrogen) atoms. The van der Waals surface area contributed by atoms with Crippen LogP contribution >= 0.6 is 11.8 Å². The number of carbonyl (C=O) groups is 3. The average Bonchev–Trinajstić information content (AvgIpc) is 2.67.